The average Bonchev–Trinajstić information content (AvgIpc) is 2.38. The topological polar surface area (TPSA) is 61.4 Å². The van der Waals surface area contributed by atoms with Gasteiger partial charge in [-0.2, -0.15) is 0 Å². The lowest BCUT2D eigenvalue weighted by atomic mass is 10.1. The van der Waals surface area contributed by atoms with Gasteiger partial charge < -0.3 is 15.5 Å². The number of hydrogen-bond donors (Lipinski definition) is 2. The molecule has 0 spiro atoms. The van der Waals surface area contributed by atoms with E-state index >= 15 is 0 Å². The van der Waals surface area contributed by atoms with Crippen molar-refractivity contribution in [2.24, 2.45) is 0 Å². The molecule has 0 saturated carbocycles. The van der Waals surface area contributed by atoms with Crippen molar-refractivity contribution in [1.82, 2.24) is 10.2 Å². The van der Waals surface area contributed by atoms with Crippen LogP contribution in [-0.4, -0.2) is 36.0 Å². The summed E-state index contributed by atoms with van der Waals surface area (Å²) in [6.07, 6.45) is 1.59. The zero-order valence-electron chi connectivity index (χ0n) is 11.4. The molecule has 0 aromatic heterocycles. The summed E-state index contributed by atoms with van der Waals surface area (Å²) >= 11 is 3.37. The third kappa shape index (κ3) is 4.23. The van der Waals surface area contributed by atoms with Crippen molar-refractivity contribution in [1.29, 1.82) is 0 Å². The van der Waals surface area contributed by atoms with E-state index in [0.717, 1.165) is 23.0 Å². The molecule has 2 N–H and O–H groups in total. The predicted molar refractivity (Wildman–Crippen MR) is 81.6 cm³/mol. The third-order valence-corrected chi connectivity index (χ3v) is 3.76. The molecule has 1 aromatic rings. The fourth-order valence-corrected chi connectivity index (χ4v) is 2.68. The van der Waals surface area contributed by atoms with E-state index < -0.39 is 0 Å². The van der Waals surface area contributed by atoms with Crippen LogP contribution in [0.3, 0.4) is 0 Å². The molecule has 0 unspecified atom stereocenters. The zero-order chi connectivity index (χ0) is 14.5. The number of benzene rings is 1. The predicted octanol–water partition coefficient (Wildman–Crippen LogP) is 2.58. The first kappa shape index (κ1) is 14.8. The van der Waals surface area contributed by atoms with Crippen molar-refractivity contribution in [2.75, 3.05) is 18.4 Å². The van der Waals surface area contributed by atoms with Crippen LogP contribution in [0.2, 0.25) is 0 Å². The summed E-state index contributed by atoms with van der Waals surface area (Å²) in [7, 11) is 0. The first-order chi connectivity index (χ1) is 9.54. The summed E-state index contributed by atoms with van der Waals surface area (Å²) in [5.41, 5.74) is 0.772. The Morgan fingerprint density at radius 1 is 1.30 bits per heavy atom. The van der Waals surface area contributed by atoms with Gasteiger partial charge in [0.15, 0.2) is 0 Å². The maximum Gasteiger partial charge on any atom is 0.321 e. The van der Waals surface area contributed by atoms with Crippen LogP contribution in [0.5, 0.6) is 0 Å². The molecular formula is C14H18BrN3O2. The molecule has 5 nitrogen and oxygen atoms in total. The number of rotatable bonds is 2. The number of urea groups is 1. The molecule has 0 aliphatic carbocycles. The number of halogens is 1. The van der Waals surface area contributed by atoms with Crippen molar-refractivity contribution >= 4 is 33.6 Å². The molecule has 1 fully saturated rings. The normalized spacial score (nSPS) is 15.8. The van der Waals surface area contributed by atoms with E-state index in [1.807, 2.05) is 24.3 Å². The Morgan fingerprint density at radius 3 is 2.60 bits per heavy atom. The van der Waals surface area contributed by atoms with Crippen molar-refractivity contribution in [3.8, 4) is 0 Å². The van der Waals surface area contributed by atoms with Crippen LogP contribution in [-0.2, 0) is 4.79 Å². The second kappa shape index (κ2) is 6.74. The summed E-state index contributed by atoms with van der Waals surface area (Å²) < 4.78 is 0.930. The van der Waals surface area contributed by atoms with Gasteiger partial charge in [0.1, 0.15) is 0 Å². The molecule has 6 heteroatoms. The maximum absolute atomic E-state index is 12.1. The van der Waals surface area contributed by atoms with E-state index in [2.05, 4.69) is 26.6 Å². The average molecular weight is 340 g/mol. The van der Waals surface area contributed by atoms with Crippen LogP contribution in [0, 0.1) is 0 Å². The number of hydrogen-bond acceptors (Lipinski definition) is 2. The summed E-state index contributed by atoms with van der Waals surface area (Å²) in [5, 5.41) is 5.77. The lowest BCUT2D eigenvalue weighted by Crippen LogP contribution is -2.47. The van der Waals surface area contributed by atoms with Crippen molar-refractivity contribution in [3.05, 3.63) is 28.7 Å². The Bertz CT molecular complexity index is 499. The largest absolute Gasteiger partial charge is 0.353 e. The summed E-state index contributed by atoms with van der Waals surface area (Å²) in [5.74, 6) is -0.0120. The van der Waals surface area contributed by atoms with Crippen molar-refractivity contribution in [3.63, 3.8) is 0 Å². The quantitative estimate of drug-likeness (QED) is 0.869. The molecule has 1 saturated heterocycles. The molecule has 0 atom stereocenters. The van der Waals surface area contributed by atoms with Crippen molar-refractivity contribution in [2.45, 2.75) is 25.8 Å². The van der Waals surface area contributed by atoms with Gasteiger partial charge >= 0.3 is 6.03 Å². The fourth-order valence-electron chi connectivity index (χ4n) is 2.28. The maximum atomic E-state index is 12.1. The standard InChI is InChI=1S/C14H18BrN3O2/c1-10(19)16-12-5-7-18(8-6-12)14(20)17-13-4-2-3-11(15)9-13/h2-4,9,12H,5-8H2,1H3,(H,16,19)(H,17,20). The number of anilines is 1. The van der Waals surface area contributed by atoms with E-state index in [9.17, 15) is 9.59 Å². The molecule has 108 valence electrons. The Morgan fingerprint density at radius 2 is 2.00 bits per heavy atom. The van der Waals surface area contributed by atoms with E-state index in [1.165, 1.54) is 6.92 Å². The number of carbonyl (C=O) groups excluding carboxylic acids is 2. The number of piperidine rings is 1. The summed E-state index contributed by atoms with van der Waals surface area (Å²) in [6.45, 7) is 2.84. The molecular weight excluding hydrogens is 322 g/mol. The highest BCUT2D eigenvalue weighted by atomic mass is 79.9. The molecule has 0 bridgehead atoms. The van der Waals surface area contributed by atoms with Gasteiger partial charge in [-0.05, 0) is 31.0 Å². The minimum absolute atomic E-state index is 0.0120. The van der Waals surface area contributed by atoms with Crippen LogP contribution in [0.15, 0.2) is 28.7 Å². The number of carbonyl (C=O) groups is 2. The van der Waals surface area contributed by atoms with Crippen LogP contribution in [0.25, 0.3) is 0 Å². The van der Waals surface area contributed by atoms with Gasteiger partial charge in [0.2, 0.25) is 5.91 Å². The van der Waals surface area contributed by atoms with Gasteiger partial charge in [-0.3, -0.25) is 4.79 Å². The lowest BCUT2D eigenvalue weighted by molar-refractivity contribution is -0.119. The fraction of sp³-hybridized carbons (Fsp3) is 0.429. The Hall–Kier alpha value is -1.56. The molecule has 1 heterocycles. The minimum Gasteiger partial charge on any atom is -0.353 e. The van der Waals surface area contributed by atoms with E-state index in [1.54, 1.807) is 4.90 Å². The zero-order valence-corrected chi connectivity index (χ0v) is 12.9. The van der Waals surface area contributed by atoms with Crippen LogP contribution in [0.4, 0.5) is 10.5 Å². The van der Waals surface area contributed by atoms with Crippen LogP contribution in [0.1, 0.15) is 19.8 Å². The van der Waals surface area contributed by atoms with Gasteiger partial charge in [0, 0.05) is 36.2 Å². The molecule has 1 aliphatic rings. The highest BCUT2D eigenvalue weighted by Crippen LogP contribution is 2.17. The molecule has 20 heavy (non-hydrogen) atoms. The first-order valence-electron chi connectivity index (χ1n) is 6.63. The summed E-state index contributed by atoms with van der Waals surface area (Å²) in [6, 6.07) is 7.60. The van der Waals surface area contributed by atoms with E-state index in [-0.39, 0.29) is 18.0 Å². The second-order valence-corrected chi connectivity index (χ2v) is 5.82. The van der Waals surface area contributed by atoms with E-state index in [0.29, 0.717) is 13.1 Å². The number of likely N-dealkylation sites (tertiary alicyclic amines) is 1. The van der Waals surface area contributed by atoms with Crippen LogP contribution < -0.4 is 10.6 Å². The van der Waals surface area contributed by atoms with Gasteiger partial charge in [-0.1, -0.05) is 22.0 Å². The molecule has 1 aliphatic heterocycles. The minimum atomic E-state index is -0.0932. The highest BCUT2D eigenvalue weighted by Gasteiger charge is 2.23. The molecule has 1 aromatic carbocycles. The van der Waals surface area contributed by atoms with Gasteiger partial charge in [-0.15, -0.1) is 0 Å². The monoisotopic (exact) mass is 339 g/mol. The lowest BCUT2D eigenvalue weighted by Gasteiger charge is -2.32. The Labute approximate surface area is 126 Å². The smallest absolute Gasteiger partial charge is 0.321 e. The number of nitrogens with one attached hydrogen (secondary N) is 2. The highest BCUT2D eigenvalue weighted by molar-refractivity contribution is 9.10. The van der Waals surface area contributed by atoms with E-state index in [4.69, 9.17) is 0 Å². The number of nitrogens with zero attached hydrogens (tertiary/aromatic N) is 1. The molecule has 0 radical (unpaired) electrons. The summed E-state index contributed by atoms with van der Waals surface area (Å²) in [4.78, 5) is 24.9. The molecule has 2 rings (SSSR count). The Kier molecular flexibility index (Phi) is 5.00. The number of amides is 3. The van der Waals surface area contributed by atoms with Gasteiger partial charge in [-0.25, -0.2) is 4.79 Å². The second-order valence-electron chi connectivity index (χ2n) is 4.90. The SMILES string of the molecule is CC(=O)NC1CCN(C(=O)Nc2cccc(Br)c2)CC1. The molecule has 3 amide bonds. The third-order valence-electron chi connectivity index (χ3n) is 3.27. The van der Waals surface area contributed by atoms with Gasteiger partial charge in [0.05, 0.1) is 0 Å². The first-order valence-corrected chi connectivity index (χ1v) is 7.42. The van der Waals surface area contributed by atoms with Crippen LogP contribution >= 0.6 is 15.9 Å². The van der Waals surface area contributed by atoms with Crippen molar-refractivity contribution < 1.29 is 9.59 Å². The Balaban J connectivity index is 1.84. The van der Waals surface area contributed by atoms with Gasteiger partial charge in [0.25, 0.3) is 0 Å².